The first-order chi connectivity index (χ1) is 13.2. The fraction of sp³-hybridized carbons (Fsp3) is 0.474. The first-order valence-corrected chi connectivity index (χ1v) is 9.21. The van der Waals surface area contributed by atoms with Crippen LogP contribution in [0.15, 0.2) is 30.6 Å². The summed E-state index contributed by atoms with van der Waals surface area (Å²) < 4.78 is 7.03. The molecule has 1 saturated heterocycles. The van der Waals surface area contributed by atoms with Crippen molar-refractivity contribution in [3.63, 3.8) is 0 Å². The van der Waals surface area contributed by atoms with Gasteiger partial charge in [0.25, 0.3) is 5.91 Å². The van der Waals surface area contributed by atoms with Gasteiger partial charge in [0.2, 0.25) is 0 Å². The zero-order valence-corrected chi connectivity index (χ0v) is 16.7. The Morgan fingerprint density at radius 3 is 2.36 bits per heavy atom. The summed E-state index contributed by atoms with van der Waals surface area (Å²) >= 11 is 0. The Hall–Kier alpha value is -3.10. The number of carbonyl (C=O) groups excluding carboxylic acids is 2. The Balaban J connectivity index is 1.54. The molecule has 1 aliphatic heterocycles. The van der Waals surface area contributed by atoms with Crippen molar-refractivity contribution in [2.24, 2.45) is 7.05 Å². The average Bonchev–Trinajstić information content (AvgIpc) is 3.05. The summed E-state index contributed by atoms with van der Waals surface area (Å²) in [5.41, 5.74) is 0.740. The van der Waals surface area contributed by atoms with Crippen LogP contribution in [0.4, 0.5) is 16.3 Å². The lowest BCUT2D eigenvalue weighted by Gasteiger charge is -2.36. The zero-order chi connectivity index (χ0) is 20.3. The topological polar surface area (TPSA) is 92.6 Å². The fourth-order valence-electron chi connectivity index (χ4n) is 2.84. The number of rotatable bonds is 3. The molecule has 0 saturated carbocycles. The number of pyridine rings is 1. The number of carbonyl (C=O) groups is 2. The van der Waals surface area contributed by atoms with E-state index in [1.165, 1.54) is 0 Å². The first-order valence-electron chi connectivity index (χ1n) is 9.21. The molecule has 0 bridgehead atoms. The van der Waals surface area contributed by atoms with Crippen LogP contribution < -0.4 is 10.2 Å². The highest BCUT2D eigenvalue weighted by molar-refractivity contribution is 6.02. The highest BCUT2D eigenvalue weighted by Gasteiger charge is 2.26. The van der Waals surface area contributed by atoms with E-state index in [9.17, 15) is 9.59 Å². The number of nitrogens with one attached hydrogen (secondary N) is 1. The summed E-state index contributed by atoms with van der Waals surface area (Å²) in [4.78, 5) is 32.5. The molecule has 3 heterocycles. The Labute approximate surface area is 164 Å². The largest absolute Gasteiger partial charge is 0.444 e. The predicted octanol–water partition coefficient (Wildman–Crippen LogP) is 2.12. The normalized spacial score (nSPS) is 14.7. The van der Waals surface area contributed by atoms with E-state index >= 15 is 0 Å². The van der Waals surface area contributed by atoms with Crippen molar-refractivity contribution in [3.8, 4) is 0 Å². The summed E-state index contributed by atoms with van der Waals surface area (Å²) in [7, 11) is 1.78. The highest BCUT2D eigenvalue weighted by atomic mass is 16.6. The summed E-state index contributed by atoms with van der Waals surface area (Å²) in [6.07, 6.45) is 3.14. The quantitative estimate of drug-likeness (QED) is 0.869. The van der Waals surface area contributed by atoms with E-state index in [0.29, 0.717) is 37.7 Å². The minimum atomic E-state index is -0.496. The van der Waals surface area contributed by atoms with Gasteiger partial charge in [-0.15, -0.1) is 0 Å². The van der Waals surface area contributed by atoms with Gasteiger partial charge in [0.15, 0.2) is 5.82 Å². The lowest BCUT2D eigenvalue weighted by Crippen LogP contribution is -2.50. The first kappa shape index (κ1) is 19.7. The molecule has 0 radical (unpaired) electrons. The van der Waals surface area contributed by atoms with Crippen molar-refractivity contribution in [2.75, 3.05) is 36.4 Å². The van der Waals surface area contributed by atoms with Gasteiger partial charge < -0.3 is 19.9 Å². The number of ether oxygens (including phenoxy) is 1. The van der Waals surface area contributed by atoms with Crippen LogP contribution in [0.25, 0.3) is 0 Å². The van der Waals surface area contributed by atoms with Crippen LogP contribution in [0.5, 0.6) is 0 Å². The van der Waals surface area contributed by atoms with Crippen LogP contribution in [0.3, 0.4) is 0 Å². The Kier molecular flexibility index (Phi) is 5.53. The molecule has 9 heteroatoms. The van der Waals surface area contributed by atoms with Crippen LogP contribution in [0.1, 0.15) is 31.3 Å². The second-order valence-electron chi connectivity index (χ2n) is 7.68. The molecule has 0 spiro atoms. The number of piperazine rings is 1. The van der Waals surface area contributed by atoms with Crippen molar-refractivity contribution in [1.29, 1.82) is 0 Å². The van der Waals surface area contributed by atoms with E-state index in [1.54, 1.807) is 41.2 Å². The van der Waals surface area contributed by atoms with Gasteiger partial charge >= 0.3 is 6.09 Å². The number of nitrogens with zero attached hydrogens (tertiary/aromatic N) is 5. The highest BCUT2D eigenvalue weighted by Crippen LogP contribution is 2.18. The maximum atomic E-state index is 12.2. The monoisotopic (exact) mass is 386 g/mol. The van der Waals surface area contributed by atoms with E-state index in [-0.39, 0.29) is 12.0 Å². The second kappa shape index (κ2) is 7.87. The second-order valence-corrected chi connectivity index (χ2v) is 7.68. The minimum absolute atomic E-state index is 0.285. The number of hydrogen-bond donors (Lipinski definition) is 1. The molecule has 0 aliphatic carbocycles. The molecule has 150 valence electrons. The third-order valence-electron chi connectivity index (χ3n) is 4.23. The van der Waals surface area contributed by atoms with E-state index in [1.807, 2.05) is 26.8 Å². The van der Waals surface area contributed by atoms with E-state index in [4.69, 9.17) is 4.74 Å². The van der Waals surface area contributed by atoms with Gasteiger partial charge in [-0.1, -0.05) is 0 Å². The zero-order valence-electron chi connectivity index (χ0n) is 16.7. The molecule has 1 aliphatic rings. The Morgan fingerprint density at radius 1 is 1.11 bits per heavy atom. The number of hydrogen-bond acceptors (Lipinski definition) is 6. The lowest BCUT2D eigenvalue weighted by molar-refractivity contribution is 0.0240. The predicted molar refractivity (Wildman–Crippen MR) is 105 cm³/mol. The minimum Gasteiger partial charge on any atom is -0.444 e. The van der Waals surface area contributed by atoms with Crippen molar-refractivity contribution < 1.29 is 14.3 Å². The van der Waals surface area contributed by atoms with Crippen molar-refractivity contribution >= 4 is 23.5 Å². The van der Waals surface area contributed by atoms with E-state index < -0.39 is 5.60 Å². The molecular formula is C19H26N6O3. The molecule has 2 aromatic rings. The summed E-state index contributed by atoms with van der Waals surface area (Å²) in [6.45, 7) is 8.10. The van der Waals surface area contributed by atoms with Gasteiger partial charge in [-0.05, 0) is 32.9 Å². The summed E-state index contributed by atoms with van der Waals surface area (Å²) in [5, 5.41) is 6.83. The number of anilines is 2. The molecule has 0 unspecified atom stereocenters. The standard InChI is InChI=1S/C19H26N6O3/c1-19(2,3)28-18(27)25-11-9-24(10-12-25)14-5-6-15(20-13-14)17(26)21-16-7-8-23(4)22-16/h5-8,13H,9-12H2,1-4H3,(H,21,22,26). The molecule has 0 aromatic carbocycles. The SMILES string of the molecule is Cn1ccc(NC(=O)c2ccc(N3CCN(C(=O)OC(C)(C)C)CC3)cn2)n1. The smallest absolute Gasteiger partial charge is 0.410 e. The van der Waals surface area contributed by atoms with Crippen LogP contribution in [-0.2, 0) is 11.8 Å². The van der Waals surface area contributed by atoms with Gasteiger partial charge in [-0.3, -0.25) is 9.48 Å². The summed E-state index contributed by atoms with van der Waals surface area (Å²) in [6, 6.07) is 5.27. The Bertz CT molecular complexity index is 832. The molecule has 3 rings (SSSR count). The van der Waals surface area contributed by atoms with Gasteiger partial charge in [0.05, 0.1) is 11.9 Å². The molecule has 1 fully saturated rings. The van der Waals surface area contributed by atoms with E-state index in [0.717, 1.165) is 5.69 Å². The van der Waals surface area contributed by atoms with Gasteiger partial charge in [0, 0.05) is 45.5 Å². The number of amides is 2. The summed E-state index contributed by atoms with van der Waals surface area (Å²) in [5.74, 6) is 0.177. The van der Waals surface area contributed by atoms with Crippen molar-refractivity contribution in [1.82, 2.24) is 19.7 Å². The number of aryl methyl sites for hydroxylation is 1. The number of aromatic nitrogens is 3. The van der Waals surface area contributed by atoms with Gasteiger partial charge in [0.1, 0.15) is 11.3 Å². The Morgan fingerprint density at radius 2 is 1.82 bits per heavy atom. The van der Waals surface area contributed by atoms with Gasteiger partial charge in [-0.25, -0.2) is 9.78 Å². The van der Waals surface area contributed by atoms with Gasteiger partial charge in [-0.2, -0.15) is 5.10 Å². The molecule has 28 heavy (non-hydrogen) atoms. The van der Waals surface area contributed by atoms with Crippen LogP contribution in [-0.4, -0.2) is 63.4 Å². The maximum Gasteiger partial charge on any atom is 0.410 e. The molecule has 1 N–H and O–H groups in total. The third-order valence-corrected chi connectivity index (χ3v) is 4.23. The molecule has 2 amide bonds. The molecule has 0 atom stereocenters. The van der Waals surface area contributed by atoms with Crippen LogP contribution >= 0.6 is 0 Å². The molecule has 2 aromatic heterocycles. The van der Waals surface area contributed by atoms with E-state index in [2.05, 4.69) is 20.3 Å². The fourth-order valence-corrected chi connectivity index (χ4v) is 2.84. The third kappa shape index (κ3) is 4.99. The molecule has 9 nitrogen and oxygen atoms in total. The van der Waals surface area contributed by atoms with Crippen molar-refractivity contribution in [2.45, 2.75) is 26.4 Å². The maximum absolute atomic E-state index is 12.2. The average molecular weight is 386 g/mol. The lowest BCUT2D eigenvalue weighted by atomic mass is 10.2. The molecular weight excluding hydrogens is 360 g/mol. The van der Waals surface area contributed by atoms with Crippen LogP contribution in [0.2, 0.25) is 0 Å². The van der Waals surface area contributed by atoms with Crippen molar-refractivity contribution in [3.05, 3.63) is 36.3 Å². The van der Waals surface area contributed by atoms with Crippen LogP contribution in [0, 0.1) is 0 Å².